The zero-order valence-corrected chi connectivity index (χ0v) is 16.8. The zero-order valence-electron chi connectivity index (χ0n) is 16.0. The van der Waals surface area contributed by atoms with Crippen LogP contribution in [0.1, 0.15) is 42.8 Å². The monoisotopic (exact) mass is 405 g/mol. The minimum atomic E-state index is -0.425. The van der Waals surface area contributed by atoms with Gasteiger partial charge in [0.15, 0.2) is 0 Å². The predicted octanol–water partition coefficient (Wildman–Crippen LogP) is 3.35. The van der Waals surface area contributed by atoms with Crippen molar-refractivity contribution in [2.45, 2.75) is 33.1 Å². The summed E-state index contributed by atoms with van der Waals surface area (Å²) in [4.78, 5) is 38.9. The van der Waals surface area contributed by atoms with Crippen molar-refractivity contribution in [1.82, 2.24) is 15.8 Å². The Kier molecular flexibility index (Phi) is 8.13. The van der Waals surface area contributed by atoms with Gasteiger partial charge in [-0.2, -0.15) is 0 Å². The second-order valence-electron chi connectivity index (χ2n) is 6.09. The molecule has 28 heavy (non-hydrogen) atoms. The number of carbonyl (C=O) groups is 3. The molecule has 0 aliphatic heterocycles. The molecule has 0 unspecified atom stereocenters. The molecule has 0 aliphatic carbocycles. The molecule has 6 nitrogen and oxygen atoms in total. The summed E-state index contributed by atoms with van der Waals surface area (Å²) in [5, 5.41) is 0. The number of thiophene rings is 1. The number of hydrogen-bond donors (Lipinski definition) is 2. The molecule has 3 amide bonds. The van der Waals surface area contributed by atoms with E-state index < -0.39 is 5.91 Å². The van der Waals surface area contributed by atoms with Crippen molar-refractivity contribution in [2.24, 2.45) is 0 Å². The predicted molar refractivity (Wildman–Crippen MR) is 107 cm³/mol. The first-order valence-electron chi connectivity index (χ1n) is 9.17. The van der Waals surface area contributed by atoms with Crippen LogP contribution in [-0.4, -0.2) is 35.7 Å². The summed E-state index contributed by atoms with van der Waals surface area (Å²) in [7, 11) is 0. The fourth-order valence-corrected chi connectivity index (χ4v) is 3.52. The first kappa shape index (κ1) is 21.6. The molecular formula is C20H24FN3O3S. The highest BCUT2D eigenvalue weighted by molar-refractivity contribution is 7.17. The van der Waals surface area contributed by atoms with Gasteiger partial charge in [0.1, 0.15) is 5.82 Å². The Morgan fingerprint density at radius 3 is 2.29 bits per heavy atom. The summed E-state index contributed by atoms with van der Waals surface area (Å²) in [6.45, 7) is 5.13. The molecule has 0 spiro atoms. The van der Waals surface area contributed by atoms with Crippen molar-refractivity contribution < 1.29 is 18.8 Å². The number of halogens is 1. The van der Waals surface area contributed by atoms with Gasteiger partial charge in [-0.05, 0) is 50.1 Å². The topological polar surface area (TPSA) is 78.5 Å². The van der Waals surface area contributed by atoms with Gasteiger partial charge in [-0.15, -0.1) is 11.3 Å². The van der Waals surface area contributed by atoms with Gasteiger partial charge in [-0.25, -0.2) is 4.39 Å². The van der Waals surface area contributed by atoms with E-state index in [0.29, 0.717) is 30.8 Å². The average molecular weight is 405 g/mol. The molecule has 0 atom stereocenters. The molecule has 0 saturated heterocycles. The van der Waals surface area contributed by atoms with Crippen LogP contribution in [0, 0.1) is 5.82 Å². The van der Waals surface area contributed by atoms with E-state index in [-0.39, 0.29) is 24.1 Å². The van der Waals surface area contributed by atoms with Crippen molar-refractivity contribution in [1.29, 1.82) is 0 Å². The Balaban J connectivity index is 1.77. The van der Waals surface area contributed by atoms with Gasteiger partial charge < -0.3 is 4.90 Å². The number of hydrogen-bond acceptors (Lipinski definition) is 4. The second kappa shape index (κ2) is 10.6. The summed E-state index contributed by atoms with van der Waals surface area (Å²) < 4.78 is 13.0. The Bertz CT molecular complexity index is 816. The van der Waals surface area contributed by atoms with Crippen molar-refractivity contribution in [3.05, 3.63) is 47.1 Å². The number of carbonyl (C=O) groups excluding carboxylic acids is 3. The number of rotatable bonds is 8. The van der Waals surface area contributed by atoms with Crippen molar-refractivity contribution >= 4 is 29.1 Å². The summed E-state index contributed by atoms with van der Waals surface area (Å²) in [6.07, 6.45) is 0.873. The molecule has 0 radical (unpaired) electrons. The van der Waals surface area contributed by atoms with Crippen LogP contribution in [0.15, 0.2) is 36.4 Å². The molecular weight excluding hydrogens is 381 g/mol. The first-order valence-corrected chi connectivity index (χ1v) is 9.99. The Hall–Kier alpha value is -2.74. The summed E-state index contributed by atoms with van der Waals surface area (Å²) in [5.74, 6) is -1.07. The number of nitrogens with zero attached hydrogens (tertiary/aromatic N) is 1. The lowest BCUT2D eigenvalue weighted by molar-refractivity contribution is -0.131. The maximum absolute atomic E-state index is 13.0. The molecule has 0 bridgehead atoms. The number of nitrogens with one attached hydrogen (secondary N) is 2. The largest absolute Gasteiger partial charge is 0.343 e. The molecule has 1 aromatic carbocycles. The summed E-state index contributed by atoms with van der Waals surface area (Å²) in [6, 6.07) is 9.43. The highest BCUT2D eigenvalue weighted by Crippen LogP contribution is 2.28. The molecule has 150 valence electrons. The van der Waals surface area contributed by atoms with Gasteiger partial charge in [0.05, 0.1) is 4.88 Å². The van der Waals surface area contributed by atoms with E-state index in [1.54, 1.807) is 29.2 Å². The minimum Gasteiger partial charge on any atom is -0.343 e. The normalized spacial score (nSPS) is 10.4. The smallest absolute Gasteiger partial charge is 0.279 e. The third kappa shape index (κ3) is 6.16. The van der Waals surface area contributed by atoms with Crippen LogP contribution in [0.2, 0.25) is 0 Å². The average Bonchev–Trinajstić information content (AvgIpc) is 3.18. The van der Waals surface area contributed by atoms with Gasteiger partial charge in [0, 0.05) is 30.8 Å². The van der Waals surface area contributed by atoms with Gasteiger partial charge in [-0.3, -0.25) is 25.2 Å². The van der Waals surface area contributed by atoms with Crippen LogP contribution in [0.25, 0.3) is 10.4 Å². The zero-order chi connectivity index (χ0) is 20.5. The highest BCUT2D eigenvalue weighted by Gasteiger charge is 2.13. The van der Waals surface area contributed by atoms with Crippen molar-refractivity contribution in [3.8, 4) is 10.4 Å². The second-order valence-corrected chi connectivity index (χ2v) is 7.18. The van der Waals surface area contributed by atoms with E-state index in [4.69, 9.17) is 0 Å². The molecule has 1 heterocycles. The Morgan fingerprint density at radius 2 is 1.64 bits per heavy atom. The van der Waals surface area contributed by atoms with Gasteiger partial charge in [0.2, 0.25) is 11.8 Å². The third-order valence-electron chi connectivity index (χ3n) is 4.18. The van der Waals surface area contributed by atoms with Crippen molar-refractivity contribution in [3.63, 3.8) is 0 Å². The molecule has 8 heteroatoms. The van der Waals surface area contributed by atoms with Crippen LogP contribution < -0.4 is 10.9 Å². The molecule has 2 rings (SSSR count). The standard InChI is InChI=1S/C20H24FN3O3S/c1-3-24(4-2)19(26)7-5-6-18(25)22-23-20(27)17-13-12-16(28-17)14-8-10-15(21)11-9-14/h8-13H,3-7H2,1-2H3,(H,22,25)(H,23,27). The molecule has 1 aromatic heterocycles. The number of hydrazine groups is 1. The fourth-order valence-electron chi connectivity index (χ4n) is 2.61. The lowest BCUT2D eigenvalue weighted by Gasteiger charge is -2.18. The Labute approximate surface area is 167 Å². The first-order chi connectivity index (χ1) is 13.4. The molecule has 0 aliphatic rings. The highest BCUT2D eigenvalue weighted by atomic mass is 32.1. The van der Waals surface area contributed by atoms with E-state index in [0.717, 1.165) is 10.4 Å². The minimum absolute atomic E-state index is 0.0220. The summed E-state index contributed by atoms with van der Waals surface area (Å²) >= 11 is 1.25. The van der Waals surface area contributed by atoms with Crippen LogP contribution in [-0.2, 0) is 9.59 Å². The van der Waals surface area contributed by atoms with Crippen LogP contribution in [0.4, 0.5) is 4.39 Å². The quantitative estimate of drug-likeness (QED) is 0.661. The molecule has 2 N–H and O–H groups in total. The van der Waals surface area contributed by atoms with E-state index in [9.17, 15) is 18.8 Å². The summed E-state index contributed by atoms with van der Waals surface area (Å²) in [5.41, 5.74) is 5.55. The van der Waals surface area contributed by atoms with Gasteiger partial charge >= 0.3 is 0 Å². The number of benzene rings is 1. The molecule has 0 saturated carbocycles. The van der Waals surface area contributed by atoms with Crippen LogP contribution in [0.5, 0.6) is 0 Å². The lowest BCUT2D eigenvalue weighted by Crippen LogP contribution is -2.41. The Morgan fingerprint density at radius 1 is 0.964 bits per heavy atom. The van der Waals surface area contributed by atoms with Crippen LogP contribution in [0.3, 0.4) is 0 Å². The van der Waals surface area contributed by atoms with E-state index in [2.05, 4.69) is 10.9 Å². The van der Waals surface area contributed by atoms with Gasteiger partial charge in [-0.1, -0.05) is 12.1 Å². The third-order valence-corrected chi connectivity index (χ3v) is 5.32. The van der Waals surface area contributed by atoms with Crippen molar-refractivity contribution in [2.75, 3.05) is 13.1 Å². The fraction of sp³-hybridized carbons (Fsp3) is 0.350. The van der Waals surface area contributed by atoms with Gasteiger partial charge in [0.25, 0.3) is 5.91 Å². The maximum Gasteiger partial charge on any atom is 0.279 e. The van der Waals surface area contributed by atoms with Crippen LogP contribution >= 0.6 is 11.3 Å². The number of amides is 3. The molecule has 2 aromatic rings. The maximum atomic E-state index is 13.0. The van der Waals surface area contributed by atoms with E-state index >= 15 is 0 Å². The SMILES string of the molecule is CCN(CC)C(=O)CCCC(=O)NNC(=O)c1ccc(-c2ccc(F)cc2)s1. The van der Waals surface area contributed by atoms with E-state index in [1.807, 2.05) is 13.8 Å². The lowest BCUT2D eigenvalue weighted by atomic mass is 10.2. The molecule has 0 fully saturated rings. The van der Waals surface area contributed by atoms with E-state index in [1.165, 1.54) is 23.5 Å².